The molecule has 2 fully saturated rings. The van der Waals surface area contributed by atoms with Crippen LogP contribution in [0.25, 0.3) is 10.8 Å². The van der Waals surface area contributed by atoms with E-state index in [1.807, 2.05) is 54.6 Å². The Balaban J connectivity index is 1.41. The lowest BCUT2D eigenvalue weighted by Crippen LogP contribution is -2.55. The molecule has 37 heavy (non-hydrogen) atoms. The molecule has 1 N–H and O–H groups in total. The zero-order valence-electron chi connectivity index (χ0n) is 20.5. The van der Waals surface area contributed by atoms with Gasteiger partial charge in [0.05, 0.1) is 12.0 Å². The summed E-state index contributed by atoms with van der Waals surface area (Å²) in [5, 5.41) is 11.3. The van der Waals surface area contributed by atoms with Crippen molar-refractivity contribution in [2.45, 2.75) is 37.0 Å². The van der Waals surface area contributed by atoms with Crippen molar-refractivity contribution in [3.05, 3.63) is 66.8 Å². The Labute approximate surface area is 215 Å². The molecule has 0 aromatic heterocycles. The number of aliphatic hydroxyl groups excluding tert-OH is 1. The Morgan fingerprint density at radius 3 is 2.65 bits per heavy atom. The molecule has 0 aliphatic carbocycles. The van der Waals surface area contributed by atoms with E-state index in [-0.39, 0.29) is 25.0 Å². The first kappa shape index (κ1) is 23.9. The number of unbranched alkanes of at least 4 members (excludes halogenated alkanes) is 2. The topological polar surface area (TPSA) is 96.4 Å². The molecule has 0 saturated carbocycles. The molecule has 2 amide bonds. The van der Waals surface area contributed by atoms with Crippen LogP contribution in [-0.4, -0.2) is 71.8 Å². The van der Waals surface area contributed by atoms with Gasteiger partial charge < -0.3 is 24.4 Å². The third-order valence-corrected chi connectivity index (χ3v) is 8.02. The molecule has 8 nitrogen and oxygen atoms in total. The summed E-state index contributed by atoms with van der Waals surface area (Å²) in [6.45, 7) is 0.889. The lowest BCUT2D eigenvalue weighted by atomic mass is 9.78. The molecule has 4 heterocycles. The summed E-state index contributed by atoms with van der Waals surface area (Å²) in [6, 6.07) is 13.0. The lowest BCUT2D eigenvalue weighted by molar-refractivity contribution is -0.152. The maximum absolute atomic E-state index is 14.3. The van der Waals surface area contributed by atoms with Crippen LogP contribution in [0.4, 0.5) is 5.69 Å². The van der Waals surface area contributed by atoms with E-state index in [2.05, 4.69) is 0 Å². The molecule has 1 spiro atoms. The molecule has 1 unspecified atom stereocenters. The first-order valence-corrected chi connectivity index (χ1v) is 13.0. The number of anilines is 1. The minimum Gasteiger partial charge on any atom is -0.461 e. The fourth-order valence-electron chi connectivity index (χ4n) is 6.36. The van der Waals surface area contributed by atoms with Gasteiger partial charge in [0.1, 0.15) is 24.2 Å². The number of benzene rings is 2. The van der Waals surface area contributed by atoms with Crippen LogP contribution in [0.5, 0.6) is 0 Å². The van der Waals surface area contributed by atoms with Crippen LogP contribution < -0.4 is 4.90 Å². The highest BCUT2D eigenvalue weighted by Crippen LogP contribution is 2.53. The summed E-state index contributed by atoms with van der Waals surface area (Å²) < 4.78 is 11.9. The van der Waals surface area contributed by atoms with Crippen molar-refractivity contribution in [1.82, 2.24) is 4.90 Å². The minimum absolute atomic E-state index is 0.0758. The molecule has 2 saturated heterocycles. The first-order chi connectivity index (χ1) is 18.0. The van der Waals surface area contributed by atoms with Gasteiger partial charge in [-0.05, 0) is 48.2 Å². The number of carbonyl (C=O) groups is 3. The maximum atomic E-state index is 14.3. The van der Waals surface area contributed by atoms with Gasteiger partial charge in [0.15, 0.2) is 0 Å². The van der Waals surface area contributed by atoms with Gasteiger partial charge in [-0.25, -0.2) is 0 Å². The van der Waals surface area contributed by atoms with Crippen LogP contribution in [0.2, 0.25) is 0 Å². The lowest BCUT2D eigenvalue weighted by Gasteiger charge is -2.35. The molecule has 4 aliphatic rings. The van der Waals surface area contributed by atoms with Crippen molar-refractivity contribution in [2.24, 2.45) is 11.8 Å². The molecule has 8 heteroatoms. The Bertz CT molecular complexity index is 1300. The zero-order chi connectivity index (χ0) is 25.6. The van der Waals surface area contributed by atoms with Crippen LogP contribution in [0.1, 0.15) is 19.3 Å². The summed E-state index contributed by atoms with van der Waals surface area (Å²) in [7, 11) is 0. The monoisotopic (exact) mass is 502 g/mol. The quantitative estimate of drug-likeness (QED) is 0.371. The highest BCUT2D eigenvalue weighted by molar-refractivity contribution is 6.06. The second-order valence-corrected chi connectivity index (χ2v) is 10.1. The third kappa shape index (κ3) is 3.78. The standard InChI is InChI=1S/C29H30N2O6/c32-16-5-1-4-14-31-25-27(34)30(21-12-11-19-8-2-3-9-20(19)18-21)15-7-13-29(25)24(26(31)33)23-22(37-29)10-6-17-36-28(23)35/h2-3,6-13,18,22-25,32H,1,4-5,14-17H2/t22-,23+,24+,25?,29+/m1/s1. The third-order valence-electron chi connectivity index (χ3n) is 8.02. The molecule has 0 radical (unpaired) electrons. The first-order valence-electron chi connectivity index (χ1n) is 13.0. The number of fused-ring (bicyclic) bond motifs is 3. The van der Waals surface area contributed by atoms with Crippen LogP contribution in [0, 0.1) is 11.8 Å². The summed E-state index contributed by atoms with van der Waals surface area (Å²) in [5.41, 5.74) is -0.514. The van der Waals surface area contributed by atoms with Crippen molar-refractivity contribution in [1.29, 1.82) is 0 Å². The summed E-state index contributed by atoms with van der Waals surface area (Å²) in [6.07, 6.45) is 8.58. The summed E-state index contributed by atoms with van der Waals surface area (Å²) in [5.74, 6) is -2.60. The smallest absolute Gasteiger partial charge is 0.313 e. The van der Waals surface area contributed by atoms with E-state index in [4.69, 9.17) is 9.47 Å². The summed E-state index contributed by atoms with van der Waals surface area (Å²) in [4.78, 5) is 44.6. The SMILES string of the molecule is O=C1OCC=C[C@H]2O[C@]34C=CCN(c5ccc6ccccc6c5)C(=O)C3N(CCCCCO)C(=O)[C@@H]4[C@@H]12. The summed E-state index contributed by atoms with van der Waals surface area (Å²) >= 11 is 0. The minimum atomic E-state index is -1.26. The number of esters is 1. The highest BCUT2D eigenvalue weighted by Gasteiger charge is 2.71. The number of carbonyl (C=O) groups excluding carboxylic acids is 3. The molecule has 4 aliphatic heterocycles. The van der Waals surface area contributed by atoms with E-state index < -0.39 is 35.6 Å². The number of amides is 2. The number of nitrogens with zero attached hydrogens (tertiary/aromatic N) is 2. The van der Waals surface area contributed by atoms with Gasteiger partial charge in [0, 0.05) is 25.4 Å². The van der Waals surface area contributed by atoms with Gasteiger partial charge in [0.25, 0.3) is 5.91 Å². The van der Waals surface area contributed by atoms with Crippen molar-refractivity contribution >= 4 is 34.2 Å². The highest BCUT2D eigenvalue weighted by atomic mass is 16.6. The molecule has 0 bridgehead atoms. The predicted molar refractivity (Wildman–Crippen MR) is 137 cm³/mol. The normalized spacial score (nSPS) is 30.7. The molecule has 2 aromatic rings. The van der Waals surface area contributed by atoms with Crippen molar-refractivity contribution in [3.8, 4) is 0 Å². The Morgan fingerprint density at radius 2 is 1.81 bits per heavy atom. The van der Waals surface area contributed by atoms with Crippen molar-refractivity contribution in [3.63, 3.8) is 0 Å². The van der Waals surface area contributed by atoms with Gasteiger partial charge in [-0.15, -0.1) is 0 Å². The zero-order valence-corrected chi connectivity index (χ0v) is 20.5. The van der Waals surface area contributed by atoms with E-state index in [1.165, 1.54) is 0 Å². The Morgan fingerprint density at radius 1 is 0.973 bits per heavy atom. The fourth-order valence-corrected chi connectivity index (χ4v) is 6.36. The average molecular weight is 503 g/mol. The number of aliphatic hydroxyl groups is 1. The van der Waals surface area contributed by atoms with Gasteiger partial charge >= 0.3 is 5.97 Å². The number of ether oxygens (including phenoxy) is 2. The molecule has 6 rings (SSSR count). The second kappa shape index (κ2) is 9.43. The van der Waals surface area contributed by atoms with Crippen LogP contribution in [-0.2, 0) is 23.9 Å². The number of rotatable bonds is 6. The number of hydrogen-bond acceptors (Lipinski definition) is 6. The van der Waals surface area contributed by atoms with Crippen molar-refractivity contribution < 1.29 is 29.0 Å². The van der Waals surface area contributed by atoms with Crippen LogP contribution in [0.15, 0.2) is 66.8 Å². The van der Waals surface area contributed by atoms with E-state index in [0.29, 0.717) is 25.9 Å². The molecule has 5 atom stereocenters. The van der Waals surface area contributed by atoms with E-state index in [1.54, 1.807) is 22.0 Å². The molecular formula is C29H30N2O6. The maximum Gasteiger partial charge on any atom is 0.313 e. The van der Waals surface area contributed by atoms with Gasteiger partial charge in [-0.2, -0.15) is 0 Å². The van der Waals surface area contributed by atoms with Crippen molar-refractivity contribution in [2.75, 3.05) is 31.2 Å². The number of likely N-dealkylation sites (tertiary alicyclic amines) is 1. The van der Waals surface area contributed by atoms with Crippen LogP contribution >= 0.6 is 0 Å². The largest absolute Gasteiger partial charge is 0.461 e. The number of hydrogen-bond donors (Lipinski definition) is 1. The average Bonchev–Trinajstić information content (AvgIpc) is 3.20. The predicted octanol–water partition coefficient (Wildman–Crippen LogP) is 2.60. The molecule has 192 valence electrons. The van der Waals surface area contributed by atoms with Gasteiger partial charge in [-0.3, -0.25) is 14.4 Å². The molecular weight excluding hydrogens is 472 g/mol. The fraction of sp³-hybridized carbons (Fsp3) is 0.414. The number of cyclic esters (lactones) is 1. The van der Waals surface area contributed by atoms with E-state index in [0.717, 1.165) is 22.9 Å². The van der Waals surface area contributed by atoms with Gasteiger partial charge in [0.2, 0.25) is 5.91 Å². The van der Waals surface area contributed by atoms with Gasteiger partial charge in [-0.1, -0.05) is 48.6 Å². The Hall–Kier alpha value is -3.49. The second-order valence-electron chi connectivity index (χ2n) is 10.1. The van der Waals surface area contributed by atoms with E-state index in [9.17, 15) is 19.5 Å². The van der Waals surface area contributed by atoms with E-state index >= 15 is 0 Å². The molecule has 2 aromatic carbocycles. The Kier molecular flexibility index (Phi) is 6.09. The van der Waals surface area contributed by atoms with Crippen LogP contribution in [0.3, 0.4) is 0 Å².